The molecule has 3 heterocycles. The van der Waals surface area contributed by atoms with Crippen molar-refractivity contribution in [3.05, 3.63) is 29.3 Å². The fourth-order valence-electron chi connectivity index (χ4n) is 4.16. The van der Waals surface area contributed by atoms with Crippen LogP contribution in [0.5, 0.6) is 0 Å². The summed E-state index contributed by atoms with van der Waals surface area (Å²) in [5, 5.41) is 0. The molecule has 0 unspecified atom stereocenters. The van der Waals surface area contributed by atoms with Gasteiger partial charge in [0, 0.05) is 37.8 Å². The SMILES string of the molecule is CN1C[C@H]2CN3CCCc4cccc(c43)[C@@H]2C1. The van der Waals surface area contributed by atoms with E-state index in [9.17, 15) is 0 Å². The minimum Gasteiger partial charge on any atom is -0.371 e. The monoisotopic (exact) mass is 228 g/mol. The van der Waals surface area contributed by atoms with E-state index in [0.29, 0.717) is 0 Å². The molecular formula is C15H20N2. The summed E-state index contributed by atoms with van der Waals surface area (Å²) < 4.78 is 0. The quantitative estimate of drug-likeness (QED) is 0.671. The van der Waals surface area contributed by atoms with Crippen molar-refractivity contribution >= 4 is 5.69 Å². The minimum atomic E-state index is 0.796. The lowest BCUT2D eigenvalue weighted by Crippen LogP contribution is -2.40. The molecule has 2 atom stereocenters. The molecule has 1 saturated heterocycles. The fraction of sp³-hybridized carbons (Fsp3) is 0.600. The molecule has 1 fully saturated rings. The number of anilines is 1. The van der Waals surface area contributed by atoms with Crippen LogP contribution in [-0.4, -0.2) is 38.1 Å². The molecule has 0 spiro atoms. The zero-order valence-electron chi connectivity index (χ0n) is 10.5. The molecule has 0 aliphatic carbocycles. The highest BCUT2D eigenvalue weighted by Gasteiger charge is 2.40. The first-order chi connectivity index (χ1) is 8.33. The van der Waals surface area contributed by atoms with E-state index in [1.54, 1.807) is 16.8 Å². The summed E-state index contributed by atoms with van der Waals surface area (Å²) >= 11 is 0. The molecule has 17 heavy (non-hydrogen) atoms. The smallest absolute Gasteiger partial charge is 0.0434 e. The molecule has 0 N–H and O–H groups in total. The van der Waals surface area contributed by atoms with Gasteiger partial charge in [-0.2, -0.15) is 0 Å². The Bertz CT molecular complexity index is 454. The second-order valence-electron chi connectivity index (χ2n) is 5.99. The van der Waals surface area contributed by atoms with Gasteiger partial charge in [-0.05, 0) is 36.9 Å². The number of hydrogen-bond acceptors (Lipinski definition) is 2. The van der Waals surface area contributed by atoms with Gasteiger partial charge in [0.25, 0.3) is 0 Å². The van der Waals surface area contributed by atoms with Crippen molar-refractivity contribution < 1.29 is 0 Å². The topological polar surface area (TPSA) is 6.48 Å². The number of likely N-dealkylation sites (tertiary alicyclic amines) is 1. The Balaban J connectivity index is 1.86. The van der Waals surface area contributed by atoms with Crippen molar-refractivity contribution in [2.24, 2.45) is 5.92 Å². The molecule has 0 radical (unpaired) electrons. The summed E-state index contributed by atoms with van der Waals surface area (Å²) in [5.74, 6) is 1.66. The lowest BCUT2D eigenvalue weighted by atomic mass is 9.80. The molecule has 3 aliphatic heterocycles. The van der Waals surface area contributed by atoms with Crippen LogP contribution < -0.4 is 4.90 Å². The number of rotatable bonds is 0. The van der Waals surface area contributed by atoms with E-state index in [4.69, 9.17) is 0 Å². The van der Waals surface area contributed by atoms with Crippen LogP contribution in [0, 0.1) is 5.92 Å². The summed E-state index contributed by atoms with van der Waals surface area (Å²) in [6.45, 7) is 5.11. The summed E-state index contributed by atoms with van der Waals surface area (Å²) in [7, 11) is 2.27. The van der Waals surface area contributed by atoms with Crippen LogP contribution in [0.1, 0.15) is 23.5 Å². The zero-order valence-corrected chi connectivity index (χ0v) is 10.5. The third kappa shape index (κ3) is 1.37. The van der Waals surface area contributed by atoms with Crippen molar-refractivity contribution in [3.63, 3.8) is 0 Å². The van der Waals surface area contributed by atoms with Gasteiger partial charge in [0.05, 0.1) is 0 Å². The number of aryl methyl sites for hydroxylation is 1. The van der Waals surface area contributed by atoms with E-state index in [1.807, 2.05) is 0 Å². The second-order valence-corrected chi connectivity index (χ2v) is 5.99. The van der Waals surface area contributed by atoms with Crippen molar-refractivity contribution in [1.82, 2.24) is 4.90 Å². The third-order valence-corrected chi connectivity index (χ3v) is 4.82. The van der Waals surface area contributed by atoms with Gasteiger partial charge in [0.2, 0.25) is 0 Å². The van der Waals surface area contributed by atoms with Gasteiger partial charge in [-0.3, -0.25) is 0 Å². The molecule has 0 saturated carbocycles. The number of nitrogens with zero attached hydrogens (tertiary/aromatic N) is 2. The summed E-state index contributed by atoms with van der Waals surface area (Å²) in [6.07, 6.45) is 2.62. The minimum absolute atomic E-state index is 0.796. The van der Waals surface area contributed by atoms with E-state index >= 15 is 0 Å². The standard InChI is InChI=1S/C15H20N2/c1-16-8-12-9-17-7-3-5-11-4-2-6-13(15(11)17)14(12)10-16/h2,4,6,12,14H,3,5,7-10H2,1H3/t12-,14+/m0/s1. The largest absolute Gasteiger partial charge is 0.371 e. The van der Waals surface area contributed by atoms with Crippen LogP contribution in [-0.2, 0) is 6.42 Å². The van der Waals surface area contributed by atoms with Gasteiger partial charge in [0.15, 0.2) is 0 Å². The van der Waals surface area contributed by atoms with Crippen LogP contribution in [0.3, 0.4) is 0 Å². The maximum atomic E-state index is 2.66. The highest BCUT2D eigenvalue weighted by molar-refractivity contribution is 5.64. The third-order valence-electron chi connectivity index (χ3n) is 4.82. The fourth-order valence-corrected chi connectivity index (χ4v) is 4.16. The van der Waals surface area contributed by atoms with E-state index < -0.39 is 0 Å². The predicted molar refractivity (Wildman–Crippen MR) is 70.7 cm³/mol. The van der Waals surface area contributed by atoms with Gasteiger partial charge in [-0.25, -0.2) is 0 Å². The molecule has 0 bridgehead atoms. The number of hydrogen-bond donors (Lipinski definition) is 0. The van der Waals surface area contributed by atoms with Crippen molar-refractivity contribution in [2.75, 3.05) is 38.1 Å². The Kier molecular flexibility index (Phi) is 2.04. The van der Waals surface area contributed by atoms with Crippen LogP contribution >= 0.6 is 0 Å². The van der Waals surface area contributed by atoms with Gasteiger partial charge in [0.1, 0.15) is 0 Å². The average molecular weight is 228 g/mol. The number of fused-ring (bicyclic) bond motifs is 2. The van der Waals surface area contributed by atoms with Crippen molar-refractivity contribution in [2.45, 2.75) is 18.8 Å². The highest BCUT2D eigenvalue weighted by Crippen LogP contribution is 2.45. The molecule has 0 amide bonds. The summed E-state index contributed by atoms with van der Waals surface area (Å²) in [4.78, 5) is 5.17. The lowest BCUT2D eigenvalue weighted by Gasteiger charge is -2.41. The van der Waals surface area contributed by atoms with Crippen LogP contribution in [0.4, 0.5) is 5.69 Å². The molecule has 2 heteroatoms. The molecular weight excluding hydrogens is 208 g/mol. The van der Waals surface area contributed by atoms with Gasteiger partial charge in [-0.15, -0.1) is 0 Å². The normalized spacial score (nSPS) is 31.2. The Morgan fingerprint density at radius 2 is 2.12 bits per heavy atom. The van der Waals surface area contributed by atoms with Gasteiger partial charge in [-0.1, -0.05) is 18.2 Å². The second kappa shape index (κ2) is 3.49. The molecule has 3 aliphatic rings. The van der Waals surface area contributed by atoms with E-state index in [2.05, 4.69) is 35.0 Å². The van der Waals surface area contributed by atoms with E-state index in [1.165, 1.54) is 39.0 Å². The summed E-state index contributed by atoms with van der Waals surface area (Å²) in [5.41, 5.74) is 4.85. The summed E-state index contributed by atoms with van der Waals surface area (Å²) in [6, 6.07) is 7.00. The molecule has 1 aromatic carbocycles. The Morgan fingerprint density at radius 3 is 3.06 bits per heavy atom. The number of para-hydroxylation sites is 1. The molecule has 90 valence electrons. The Morgan fingerprint density at radius 1 is 1.18 bits per heavy atom. The lowest BCUT2D eigenvalue weighted by molar-refractivity contribution is 0.393. The number of benzene rings is 1. The van der Waals surface area contributed by atoms with Crippen LogP contribution in [0.2, 0.25) is 0 Å². The van der Waals surface area contributed by atoms with E-state index in [0.717, 1.165) is 11.8 Å². The van der Waals surface area contributed by atoms with E-state index in [-0.39, 0.29) is 0 Å². The number of likely N-dealkylation sites (N-methyl/N-ethyl adjacent to an activating group) is 1. The first-order valence-corrected chi connectivity index (χ1v) is 6.88. The van der Waals surface area contributed by atoms with Crippen LogP contribution in [0.15, 0.2) is 18.2 Å². The predicted octanol–water partition coefficient (Wildman–Crippen LogP) is 2.10. The molecule has 0 aromatic heterocycles. The maximum Gasteiger partial charge on any atom is 0.0434 e. The first kappa shape index (κ1) is 9.95. The average Bonchev–Trinajstić information content (AvgIpc) is 2.70. The molecule has 4 rings (SSSR count). The molecule has 2 nitrogen and oxygen atoms in total. The van der Waals surface area contributed by atoms with Gasteiger partial charge >= 0.3 is 0 Å². The maximum absolute atomic E-state index is 2.66. The Hall–Kier alpha value is -1.02. The van der Waals surface area contributed by atoms with Crippen molar-refractivity contribution in [1.29, 1.82) is 0 Å². The van der Waals surface area contributed by atoms with Crippen molar-refractivity contribution in [3.8, 4) is 0 Å². The molecule has 1 aromatic rings. The first-order valence-electron chi connectivity index (χ1n) is 6.88. The van der Waals surface area contributed by atoms with Crippen LogP contribution in [0.25, 0.3) is 0 Å². The van der Waals surface area contributed by atoms with Gasteiger partial charge < -0.3 is 9.80 Å². The Labute approximate surface area is 103 Å². The highest BCUT2D eigenvalue weighted by atomic mass is 15.2. The zero-order chi connectivity index (χ0) is 11.4.